The summed E-state index contributed by atoms with van der Waals surface area (Å²) in [6, 6.07) is 9.68. The van der Waals surface area contributed by atoms with Gasteiger partial charge in [0, 0.05) is 22.1 Å². The molecule has 2 N–H and O–H groups in total. The number of fused-ring (bicyclic) bond motifs is 1. The van der Waals surface area contributed by atoms with E-state index in [4.69, 9.17) is 26.8 Å². The summed E-state index contributed by atoms with van der Waals surface area (Å²) in [5, 5.41) is 0.576. The molecule has 2 aromatic rings. The summed E-state index contributed by atoms with van der Waals surface area (Å²) in [5.41, 5.74) is 3.16. The van der Waals surface area contributed by atoms with E-state index in [9.17, 15) is 4.39 Å². The molecule has 8 heteroatoms. The van der Waals surface area contributed by atoms with E-state index in [1.807, 2.05) is 6.07 Å². The molecule has 31 heavy (non-hydrogen) atoms. The number of nitrogens with zero attached hydrogens (tertiary/aromatic N) is 1. The third kappa shape index (κ3) is 3.57. The fourth-order valence-electron chi connectivity index (χ4n) is 4.33. The highest BCUT2D eigenvalue weighted by atomic mass is 35.5. The maximum absolute atomic E-state index is 15.6. The molecule has 0 radical (unpaired) electrons. The summed E-state index contributed by atoms with van der Waals surface area (Å²) in [6.07, 6.45) is 0.489. The second-order valence-corrected chi connectivity index (χ2v) is 9.19. The number of amidine groups is 1. The van der Waals surface area contributed by atoms with E-state index in [1.165, 1.54) is 32.9 Å². The average molecular weight is 453 g/mol. The van der Waals surface area contributed by atoms with Crippen LogP contribution >= 0.6 is 11.6 Å². The molecule has 0 aromatic heterocycles. The van der Waals surface area contributed by atoms with E-state index in [2.05, 4.69) is 4.99 Å². The molecule has 0 amide bonds. The second-order valence-electron chi connectivity index (χ2n) is 8.76. The molecule has 2 heterocycles. The van der Waals surface area contributed by atoms with Gasteiger partial charge in [0.2, 0.25) is 0 Å². The summed E-state index contributed by atoms with van der Waals surface area (Å²) in [7, 11) is 0. The van der Waals surface area contributed by atoms with E-state index < -0.39 is 22.9 Å². The van der Waals surface area contributed by atoms with Crippen LogP contribution in [0.3, 0.4) is 0 Å². The highest BCUT2D eigenvalue weighted by molar-refractivity contribution is 6.30. The van der Waals surface area contributed by atoms with Crippen molar-refractivity contribution in [2.45, 2.75) is 50.2 Å². The van der Waals surface area contributed by atoms with Crippen LogP contribution in [0.4, 0.5) is 13.2 Å². The predicted molar refractivity (Wildman–Crippen MR) is 114 cm³/mol. The van der Waals surface area contributed by atoms with Crippen molar-refractivity contribution in [2.24, 2.45) is 10.7 Å². The van der Waals surface area contributed by atoms with Crippen LogP contribution in [-0.2, 0) is 16.7 Å². The fraction of sp³-hybridized carbons (Fsp3) is 0.435. The Labute approximate surface area is 184 Å². The molecular weight excluding hydrogens is 429 g/mol. The molecule has 2 atom stereocenters. The van der Waals surface area contributed by atoms with Crippen LogP contribution < -0.4 is 10.5 Å². The SMILES string of the molecule is CC1(C)OCC(N)=N[C@](C)(c2cc(CC3COc4cc(Cl)ccc43)ccc2F)C1(F)F. The van der Waals surface area contributed by atoms with Crippen molar-refractivity contribution in [2.75, 3.05) is 13.2 Å². The first kappa shape index (κ1) is 22.0. The fourth-order valence-corrected chi connectivity index (χ4v) is 4.49. The Kier molecular flexibility index (Phi) is 5.25. The Morgan fingerprint density at radius 2 is 1.90 bits per heavy atom. The van der Waals surface area contributed by atoms with Gasteiger partial charge in [-0.1, -0.05) is 29.8 Å². The third-order valence-corrected chi connectivity index (χ3v) is 6.44. The summed E-state index contributed by atoms with van der Waals surface area (Å²) in [6.45, 7) is 3.91. The lowest BCUT2D eigenvalue weighted by atomic mass is 9.77. The van der Waals surface area contributed by atoms with Crippen molar-refractivity contribution in [3.05, 3.63) is 63.9 Å². The minimum atomic E-state index is -3.53. The maximum Gasteiger partial charge on any atom is 0.304 e. The molecule has 0 spiro atoms. The van der Waals surface area contributed by atoms with E-state index >= 15 is 8.78 Å². The molecule has 0 saturated heterocycles. The van der Waals surface area contributed by atoms with Gasteiger partial charge in [0.15, 0.2) is 5.54 Å². The molecule has 0 saturated carbocycles. The van der Waals surface area contributed by atoms with Gasteiger partial charge in [-0.3, -0.25) is 4.99 Å². The first-order valence-corrected chi connectivity index (χ1v) is 10.4. The van der Waals surface area contributed by atoms with E-state index in [-0.39, 0.29) is 23.9 Å². The van der Waals surface area contributed by atoms with Gasteiger partial charge in [-0.15, -0.1) is 0 Å². The van der Waals surface area contributed by atoms with Crippen LogP contribution in [0.2, 0.25) is 5.02 Å². The monoisotopic (exact) mass is 452 g/mol. The molecule has 0 fully saturated rings. The van der Waals surface area contributed by atoms with Crippen LogP contribution in [0.1, 0.15) is 43.4 Å². The molecule has 1 unspecified atom stereocenters. The first-order chi connectivity index (χ1) is 14.4. The van der Waals surface area contributed by atoms with Crippen molar-refractivity contribution in [3.63, 3.8) is 0 Å². The molecule has 4 rings (SSSR count). The van der Waals surface area contributed by atoms with Crippen molar-refractivity contribution >= 4 is 17.4 Å². The zero-order valence-corrected chi connectivity index (χ0v) is 18.3. The van der Waals surface area contributed by atoms with Crippen LogP contribution in [0.15, 0.2) is 41.4 Å². The highest BCUT2D eigenvalue weighted by Gasteiger charge is 2.63. The quantitative estimate of drug-likeness (QED) is 0.695. The second kappa shape index (κ2) is 7.41. The highest BCUT2D eigenvalue weighted by Crippen LogP contribution is 2.51. The number of halogens is 4. The third-order valence-electron chi connectivity index (χ3n) is 6.21. The zero-order valence-electron chi connectivity index (χ0n) is 17.5. The largest absolute Gasteiger partial charge is 0.493 e. The van der Waals surface area contributed by atoms with Gasteiger partial charge in [-0.25, -0.2) is 13.2 Å². The van der Waals surface area contributed by atoms with Crippen molar-refractivity contribution < 1.29 is 22.6 Å². The number of aliphatic imine (C=N–C) groups is 1. The summed E-state index contributed by atoms with van der Waals surface area (Å²) in [5.74, 6) is -3.69. The lowest BCUT2D eigenvalue weighted by molar-refractivity contribution is -0.214. The molecule has 2 aliphatic rings. The number of ether oxygens (including phenoxy) is 2. The van der Waals surface area contributed by atoms with Crippen molar-refractivity contribution in [1.82, 2.24) is 0 Å². The predicted octanol–water partition coefficient (Wildman–Crippen LogP) is 5.21. The Balaban J connectivity index is 1.74. The van der Waals surface area contributed by atoms with Crippen molar-refractivity contribution in [3.8, 4) is 5.75 Å². The number of alkyl halides is 2. The van der Waals surface area contributed by atoms with E-state index in [0.717, 1.165) is 5.56 Å². The molecule has 0 bridgehead atoms. The van der Waals surface area contributed by atoms with Gasteiger partial charge in [0.05, 0.1) is 6.61 Å². The van der Waals surface area contributed by atoms with Gasteiger partial charge in [-0.05, 0) is 51.0 Å². The van der Waals surface area contributed by atoms with E-state index in [0.29, 0.717) is 29.4 Å². The van der Waals surface area contributed by atoms with Crippen LogP contribution in [0.25, 0.3) is 0 Å². The van der Waals surface area contributed by atoms with E-state index in [1.54, 1.807) is 18.2 Å². The van der Waals surface area contributed by atoms with Gasteiger partial charge >= 0.3 is 5.92 Å². The summed E-state index contributed by atoms with van der Waals surface area (Å²) in [4.78, 5) is 4.05. The van der Waals surface area contributed by atoms with Crippen LogP contribution in [-0.4, -0.2) is 30.6 Å². The smallest absolute Gasteiger partial charge is 0.304 e. The Hall–Kier alpha value is -2.25. The number of benzene rings is 2. The zero-order chi connectivity index (χ0) is 22.6. The molecule has 166 valence electrons. The van der Waals surface area contributed by atoms with Crippen LogP contribution in [0.5, 0.6) is 5.75 Å². The van der Waals surface area contributed by atoms with Crippen molar-refractivity contribution in [1.29, 1.82) is 0 Å². The normalized spacial score (nSPS) is 26.5. The lowest BCUT2D eigenvalue weighted by Gasteiger charge is -2.42. The Bertz CT molecular complexity index is 1060. The minimum absolute atomic E-state index is 0.00127. The Morgan fingerprint density at radius 1 is 1.16 bits per heavy atom. The van der Waals surface area contributed by atoms with Crippen LogP contribution in [0, 0.1) is 5.82 Å². The minimum Gasteiger partial charge on any atom is -0.493 e. The lowest BCUT2D eigenvalue weighted by Crippen LogP contribution is -2.56. The van der Waals surface area contributed by atoms with Gasteiger partial charge in [0.1, 0.15) is 29.6 Å². The summed E-state index contributed by atoms with van der Waals surface area (Å²) >= 11 is 6.02. The number of rotatable bonds is 3. The number of hydrogen-bond donors (Lipinski definition) is 1. The topological polar surface area (TPSA) is 56.8 Å². The molecule has 0 aliphatic carbocycles. The molecule has 2 aliphatic heterocycles. The Morgan fingerprint density at radius 3 is 2.65 bits per heavy atom. The standard InChI is InChI=1S/C23H24ClF3N2O2/c1-21(2)23(26,27)22(3,29-20(28)12-31-21)17-9-13(4-7-18(17)25)8-14-11-30-19-10-15(24)5-6-16(14)19/h4-7,9-10,14H,8,11-12H2,1-3H3,(H2,28,29)/t14?,22-/m1/s1. The molecular formula is C23H24ClF3N2O2. The number of hydrogen-bond acceptors (Lipinski definition) is 4. The molecule has 4 nitrogen and oxygen atoms in total. The van der Waals surface area contributed by atoms with Gasteiger partial charge < -0.3 is 15.2 Å². The number of nitrogens with two attached hydrogens (primary N) is 1. The van der Waals surface area contributed by atoms with Gasteiger partial charge in [0.25, 0.3) is 0 Å². The molecule has 2 aromatic carbocycles. The average Bonchev–Trinajstić information content (AvgIpc) is 3.06. The summed E-state index contributed by atoms with van der Waals surface area (Å²) < 4.78 is 57.2. The maximum atomic E-state index is 15.6. The van der Waals surface area contributed by atoms with Gasteiger partial charge in [-0.2, -0.15) is 0 Å². The first-order valence-electron chi connectivity index (χ1n) is 10.0.